The van der Waals surface area contributed by atoms with Gasteiger partial charge in [0.25, 0.3) is 0 Å². The Balaban J connectivity index is 1.35. The number of benzene rings is 3. The zero-order valence-corrected chi connectivity index (χ0v) is 35.7. The Morgan fingerprint density at radius 3 is 1.78 bits per heavy atom. The zero-order chi connectivity index (χ0) is 43.0. The molecule has 0 radical (unpaired) electrons. The van der Waals surface area contributed by atoms with Crippen molar-refractivity contribution in [1.29, 1.82) is 0 Å². The first-order valence-corrected chi connectivity index (χ1v) is 20.2. The minimum Gasteiger partial charge on any atom is -0.453 e. The number of alkyl carbamates (subject to hydrolysis) is 2. The van der Waals surface area contributed by atoms with Crippen molar-refractivity contribution in [3.63, 3.8) is 0 Å². The number of carbonyl (C=O) groups is 4. The summed E-state index contributed by atoms with van der Waals surface area (Å²) in [5.74, 6) is 0.649. The Morgan fingerprint density at radius 2 is 1.20 bits per heavy atom. The van der Waals surface area contributed by atoms with Gasteiger partial charge in [-0.3, -0.25) is 9.59 Å². The highest BCUT2D eigenvalue weighted by Gasteiger charge is 2.35. The van der Waals surface area contributed by atoms with Crippen LogP contribution >= 0.6 is 0 Å². The lowest BCUT2D eigenvalue weighted by molar-refractivity contribution is -0.139. The molecule has 0 spiro atoms. The number of aromatic amines is 2. The van der Waals surface area contributed by atoms with Crippen LogP contribution in [0.3, 0.4) is 0 Å². The van der Waals surface area contributed by atoms with Crippen LogP contribution in [0.2, 0.25) is 0 Å². The second-order valence-corrected chi connectivity index (χ2v) is 15.1. The molecule has 0 saturated carbocycles. The van der Waals surface area contributed by atoms with Gasteiger partial charge in [0.2, 0.25) is 11.8 Å². The molecule has 59 heavy (non-hydrogen) atoms. The third kappa shape index (κ3) is 10.0. The average Bonchev–Trinajstić information content (AvgIpc) is 3.92. The first kappa shape index (κ1) is 44.1. The van der Waals surface area contributed by atoms with E-state index in [1.807, 2.05) is 65.9 Å². The van der Waals surface area contributed by atoms with Crippen LogP contribution in [0.5, 0.6) is 0 Å². The summed E-state index contributed by atoms with van der Waals surface area (Å²) in [5, 5.41) is 7.41. The Morgan fingerprint density at radius 1 is 0.678 bits per heavy atom. The maximum atomic E-state index is 13.8. The van der Waals surface area contributed by atoms with Gasteiger partial charge in [0, 0.05) is 32.0 Å². The van der Waals surface area contributed by atoms with Crippen LogP contribution < -0.4 is 10.6 Å². The molecule has 5 rings (SSSR count). The van der Waals surface area contributed by atoms with E-state index in [-0.39, 0.29) is 23.8 Å². The molecular formula is C44H58N8O7. The number of hydrogen-bond donors (Lipinski definition) is 4. The molecule has 2 aromatic heterocycles. The van der Waals surface area contributed by atoms with Gasteiger partial charge >= 0.3 is 12.2 Å². The number of nitrogens with one attached hydrogen (secondary N) is 4. The van der Waals surface area contributed by atoms with Gasteiger partial charge in [-0.1, -0.05) is 58.0 Å². The van der Waals surface area contributed by atoms with Gasteiger partial charge in [0.05, 0.1) is 49.1 Å². The normalized spacial score (nSPS) is 14.0. The highest BCUT2D eigenvalue weighted by Crippen LogP contribution is 2.32. The van der Waals surface area contributed by atoms with Crippen molar-refractivity contribution in [1.82, 2.24) is 40.4 Å². The van der Waals surface area contributed by atoms with E-state index in [9.17, 15) is 19.2 Å². The van der Waals surface area contributed by atoms with E-state index in [4.69, 9.17) is 24.2 Å². The molecule has 15 heteroatoms. The molecule has 4 amide bonds. The molecule has 0 aliphatic heterocycles. The lowest BCUT2D eigenvalue weighted by Gasteiger charge is -2.33. The molecule has 316 valence electrons. The van der Waals surface area contributed by atoms with E-state index in [1.165, 1.54) is 21.3 Å². The Bertz CT molecular complexity index is 2250. The fourth-order valence-electron chi connectivity index (χ4n) is 7.21. The number of ether oxygens (including phenoxy) is 3. The van der Waals surface area contributed by atoms with E-state index in [0.717, 1.165) is 50.6 Å². The van der Waals surface area contributed by atoms with Gasteiger partial charge in [-0.15, -0.1) is 0 Å². The smallest absolute Gasteiger partial charge is 0.407 e. The number of rotatable bonds is 17. The summed E-state index contributed by atoms with van der Waals surface area (Å²) >= 11 is 0. The summed E-state index contributed by atoms with van der Waals surface area (Å²) in [7, 11) is 4.03. The Kier molecular flexibility index (Phi) is 14.7. The molecule has 2 heterocycles. The first-order chi connectivity index (χ1) is 28.2. The SMILES string of the molecule is CCCN(C(=O)[C@@H](NC(=O)OC)C(C)C)C(C)c1nc2cc(-c3ccc4cc(-c5c[nH]c([C@H](C)N(CCC)C(=O)[C@@H](NC(=O)OC)[C@@H](C)OC)n5)ccc4c3)ccc2[nH]1. The van der Waals surface area contributed by atoms with Gasteiger partial charge in [-0.2, -0.15) is 0 Å². The average molecular weight is 811 g/mol. The topological polar surface area (TPSA) is 184 Å². The predicted molar refractivity (Wildman–Crippen MR) is 227 cm³/mol. The maximum absolute atomic E-state index is 13.8. The number of hydrogen-bond acceptors (Lipinski definition) is 9. The molecule has 0 bridgehead atoms. The van der Waals surface area contributed by atoms with E-state index < -0.39 is 36.4 Å². The van der Waals surface area contributed by atoms with Crippen molar-refractivity contribution in [3.05, 3.63) is 72.4 Å². The zero-order valence-electron chi connectivity index (χ0n) is 35.7. The number of amides is 4. The molecule has 5 atom stereocenters. The standard InChI is InChI=1S/C44H58N8O7/c1-11-19-51(42(54)38(28(7)57-8)50-44(56)59-10)26(5)39-45-24-36(48-39)33-16-15-29-21-30(13-14-31(29)22-33)32-17-18-34-35(23-32)47-40(46-34)27(6)52(20-12-2)41(53)37(25(3)4)49-43(55)58-9/h13-18,21-28,37-38H,11-12,19-20H2,1-10H3,(H,45,48)(H,46,47)(H,49,55)(H,50,56)/t26-,27?,28+,37-,38-/m0/s1. The molecular weight excluding hydrogens is 753 g/mol. The van der Waals surface area contributed by atoms with Crippen LogP contribution in [0, 0.1) is 5.92 Å². The van der Waals surface area contributed by atoms with Crippen LogP contribution in [0.25, 0.3) is 44.2 Å². The molecule has 0 saturated heterocycles. The van der Waals surface area contributed by atoms with Crippen LogP contribution in [-0.2, 0) is 23.8 Å². The van der Waals surface area contributed by atoms with Crippen LogP contribution in [-0.4, -0.2) is 106 Å². The summed E-state index contributed by atoms with van der Waals surface area (Å²) in [5.41, 5.74) is 5.32. The lowest BCUT2D eigenvalue weighted by atomic mass is 9.99. The van der Waals surface area contributed by atoms with Crippen LogP contribution in [0.15, 0.2) is 60.8 Å². The summed E-state index contributed by atoms with van der Waals surface area (Å²) in [6.07, 6.45) is 1.34. The number of H-pyrrole nitrogens is 2. The van der Waals surface area contributed by atoms with Crippen molar-refractivity contribution in [2.24, 2.45) is 5.92 Å². The molecule has 0 fully saturated rings. The van der Waals surface area contributed by atoms with Gasteiger partial charge in [-0.25, -0.2) is 19.6 Å². The summed E-state index contributed by atoms with van der Waals surface area (Å²) in [4.78, 5) is 71.7. The van der Waals surface area contributed by atoms with Gasteiger partial charge < -0.3 is 44.6 Å². The number of carbonyl (C=O) groups excluding carboxylic acids is 4. The monoisotopic (exact) mass is 810 g/mol. The first-order valence-electron chi connectivity index (χ1n) is 20.2. The highest BCUT2D eigenvalue weighted by atomic mass is 16.5. The predicted octanol–water partition coefficient (Wildman–Crippen LogP) is 7.51. The summed E-state index contributed by atoms with van der Waals surface area (Å²) < 4.78 is 15.0. The minimum atomic E-state index is -0.940. The number of imidazole rings is 2. The molecule has 4 N–H and O–H groups in total. The Labute approximate surface area is 345 Å². The van der Waals surface area contributed by atoms with E-state index in [2.05, 4.69) is 57.0 Å². The van der Waals surface area contributed by atoms with Crippen LogP contribution in [0.1, 0.15) is 85.0 Å². The third-order valence-electron chi connectivity index (χ3n) is 10.7. The number of methoxy groups -OCH3 is 3. The second kappa shape index (κ2) is 19.7. The van der Waals surface area contributed by atoms with Crippen molar-refractivity contribution < 1.29 is 33.4 Å². The fourth-order valence-corrected chi connectivity index (χ4v) is 7.21. The molecule has 15 nitrogen and oxygen atoms in total. The number of nitrogens with zero attached hydrogens (tertiary/aromatic N) is 4. The van der Waals surface area contributed by atoms with Gasteiger partial charge in [0.15, 0.2) is 0 Å². The van der Waals surface area contributed by atoms with Crippen LogP contribution in [0.4, 0.5) is 9.59 Å². The molecule has 5 aromatic rings. The fraction of sp³-hybridized carbons (Fsp3) is 0.455. The number of fused-ring (bicyclic) bond motifs is 2. The largest absolute Gasteiger partial charge is 0.453 e. The molecule has 0 aliphatic carbocycles. The Hall–Kier alpha value is -5.96. The summed E-state index contributed by atoms with van der Waals surface area (Å²) in [6, 6.07) is 16.1. The summed E-state index contributed by atoms with van der Waals surface area (Å²) in [6.45, 7) is 14.3. The van der Waals surface area contributed by atoms with E-state index in [0.29, 0.717) is 31.2 Å². The van der Waals surface area contributed by atoms with Gasteiger partial charge in [0.1, 0.15) is 23.7 Å². The highest BCUT2D eigenvalue weighted by molar-refractivity contribution is 5.92. The van der Waals surface area contributed by atoms with E-state index in [1.54, 1.807) is 16.7 Å². The second-order valence-electron chi connectivity index (χ2n) is 15.1. The number of aromatic nitrogens is 4. The third-order valence-corrected chi connectivity index (χ3v) is 10.7. The quantitative estimate of drug-likeness (QED) is 0.0738. The molecule has 0 aliphatic rings. The minimum absolute atomic E-state index is 0.142. The van der Waals surface area contributed by atoms with Crippen molar-refractivity contribution in [2.45, 2.75) is 91.6 Å². The van der Waals surface area contributed by atoms with Gasteiger partial charge in [-0.05, 0) is 85.7 Å². The van der Waals surface area contributed by atoms with Crippen molar-refractivity contribution in [2.75, 3.05) is 34.4 Å². The van der Waals surface area contributed by atoms with Crippen molar-refractivity contribution in [3.8, 4) is 22.4 Å². The van der Waals surface area contributed by atoms with E-state index >= 15 is 0 Å². The molecule has 3 aromatic carbocycles. The maximum Gasteiger partial charge on any atom is 0.407 e. The van der Waals surface area contributed by atoms with Crippen molar-refractivity contribution >= 4 is 45.8 Å². The molecule has 1 unspecified atom stereocenters. The lowest BCUT2D eigenvalue weighted by Crippen LogP contribution is -2.54.